The molecule has 0 amide bonds. The van der Waals surface area contributed by atoms with E-state index in [0.717, 1.165) is 0 Å². The van der Waals surface area contributed by atoms with Crippen molar-refractivity contribution in [2.75, 3.05) is 26.7 Å². The van der Waals surface area contributed by atoms with Gasteiger partial charge in [0.1, 0.15) is 0 Å². The van der Waals surface area contributed by atoms with E-state index in [4.69, 9.17) is 0 Å². The Labute approximate surface area is 83.9 Å². The minimum absolute atomic E-state index is 0.136. The van der Waals surface area contributed by atoms with Crippen LogP contribution >= 0.6 is 0 Å². The SMILES string of the molecule is CC[C@@]1(CO)CN(C)CC[C@@H]1C(F)F. The zero-order chi connectivity index (χ0) is 10.8. The van der Waals surface area contributed by atoms with Gasteiger partial charge < -0.3 is 10.0 Å². The Bertz CT molecular complexity index is 183. The molecule has 1 aliphatic heterocycles. The van der Waals surface area contributed by atoms with Crippen LogP contribution in [0, 0.1) is 11.3 Å². The zero-order valence-corrected chi connectivity index (χ0v) is 8.84. The van der Waals surface area contributed by atoms with Crippen molar-refractivity contribution in [1.29, 1.82) is 0 Å². The highest BCUT2D eigenvalue weighted by atomic mass is 19.3. The number of hydrogen-bond donors (Lipinski definition) is 1. The molecule has 2 atom stereocenters. The fourth-order valence-electron chi connectivity index (χ4n) is 2.45. The Morgan fingerprint density at radius 2 is 2.21 bits per heavy atom. The standard InChI is InChI=1S/C10H19F2NO/c1-3-10(7-14)6-13(2)5-4-8(10)9(11)12/h8-9,14H,3-7H2,1-2H3/t8-,10+/m1/s1. The van der Waals surface area contributed by atoms with Crippen LogP contribution < -0.4 is 0 Å². The molecule has 0 saturated carbocycles. The Morgan fingerprint density at radius 3 is 2.64 bits per heavy atom. The molecule has 14 heavy (non-hydrogen) atoms. The quantitative estimate of drug-likeness (QED) is 0.759. The molecule has 0 aromatic rings. The van der Waals surface area contributed by atoms with Crippen LogP contribution in [0.25, 0.3) is 0 Å². The summed E-state index contributed by atoms with van der Waals surface area (Å²) in [5, 5.41) is 9.32. The first-order valence-corrected chi connectivity index (χ1v) is 5.13. The largest absolute Gasteiger partial charge is 0.396 e. The summed E-state index contributed by atoms with van der Waals surface area (Å²) in [7, 11) is 1.92. The summed E-state index contributed by atoms with van der Waals surface area (Å²) < 4.78 is 25.6. The molecule has 1 rings (SSSR count). The fourth-order valence-corrected chi connectivity index (χ4v) is 2.45. The minimum Gasteiger partial charge on any atom is -0.396 e. The first-order chi connectivity index (χ1) is 6.55. The molecule has 0 aromatic heterocycles. The third kappa shape index (κ3) is 2.06. The van der Waals surface area contributed by atoms with Crippen LogP contribution in [-0.2, 0) is 0 Å². The third-order valence-corrected chi connectivity index (χ3v) is 3.52. The van der Waals surface area contributed by atoms with Gasteiger partial charge in [0, 0.05) is 17.9 Å². The van der Waals surface area contributed by atoms with Crippen LogP contribution in [0.4, 0.5) is 8.78 Å². The number of hydrogen-bond acceptors (Lipinski definition) is 2. The summed E-state index contributed by atoms with van der Waals surface area (Å²) in [4.78, 5) is 2.03. The van der Waals surface area contributed by atoms with Crippen LogP contribution in [0.3, 0.4) is 0 Å². The monoisotopic (exact) mass is 207 g/mol. The van der Waals surface area contributed by atoms with Crippen LogP contribution in [0.2, 0.25) is 0 Å². The average molecular weight is 207 g/mol. The van der Waals surface area contributed by atoms with E-state index in [1.165, 1.54) is 0 Å². The van der Waals surface area contributed by atoms with Crippen LogP contribution in [0.15, 0.2) is 0 Å². The molecule has 4 heteroatoms. The van der Waals surface area contributed by atoms with Gasteiger partial charge in [-0.2, -0.15) is 0 Å². The second-order valence-electron chi connectivity index (χ2n) is 4.34. The second-order valence-corrected chi connectivity index (χ2v) is 4.34. The van der Waals surface area contributed by atoms with Crippen molar-refractivity contribution in [3.05, 3.63) is 0 Å². The van der Waals surface area contributed by atoms with Crippen LogP contribution in [0.1, 0.15) is 19.8 Å². The van der Waals surface area contributed by atoms with Gasteiger partial charge in [0.25, 0.3) is 0 Å². The number of rotatable bonds is 3. The van der Waals surface area contributed by atoms with E-state index in [0.29, 0.717) is 25.9 Å². The van der Waals surface area contributed by atoms with E-state index in [1.807, 2.05) is 18.9 Å². The molecule has 1 aliphatic rings. The van der Waals surface area contributed by atoms with E-state index in [1.54, 1.807) is 0 Å². The van der Waals surface area contributed by atoms with Gasteiger partial charge in [-0.3, -0.25) is 0 Å². The topological polar surface area (TPSA) is 23.5 Å². The molecule has 0 aromatic carbocycles. The summed E-state index contributed by atoms with van der Waals surface area (Å²) >= 11 is 0. The number of piperidine rings is 1. The molecular weight excluding hydrogens is 188 g/mol. The van der Waals surface area contributed by atoms with Gasteiger partial charge in [-0.25, -0.2) is 8.78 Å². The highest BCUT2D eigenvalue weighted by Gasteiger charge is 2.45. The van der Waals surface area contributed by atoms with Crippen molar-refractivity contribution < 1.29 is 13.9 Å². The molecule has 1 fully saturated rings. The van der Waals surface area contributed by atoms with Gasteiger partial charge in [-0.15, -0.1) is 0 Å². The number of alkyl halides is 2. The number of nitrogens with zero attached hydrogens (tertiary/aromatic N) is 1. The maximum Gasteiger partial charge on any atom is 0.242 e. The Balaban J connectivity index is 2.81. The molecule has 0 bridgehead atoms. The third-order valence-electron chi connectivity index (χ3n) is 3.52. The number of aliphatic hydroxyl groups is 1. The minimum atomic E-state index is -2.31. The van der Waals surface area contributed by atoms with Crippen molar-refractivity contribution in [2.24, 2.45) is 11.3 Å². The van der Waals surface area contributed by atoms with Crippen molar-refractivity contribution >= 4 is 0 Å². The van der Waals surface area contributed by atoms with Gasteiger partial charge >= 0.3 is 0 Å². The normalized spacial score (nSPS) is 35.1. The molecule has 0 aliphatic carbocycles. The fraction of sp³-hybridized carbons (Fsp3) is 1.00. The molecule has 1 heterocycles. The van der Waals surface area contributed by atoms with Gasteiger partial charge in [0.15, 0.2) is 0 Å². The molecule has 1 N–H and O–H groups in total. The smallest absolute Gasteiger partial charge is 0.242 e. The van der Waals surface area contributed by atoms with Crippen molar-refractivity contribution in [3.8, 4) is 0 Å². The lowest BCUT2D eigenvalue weighted by atomic mass is 9.70. The van der Waals surface area contributed by atoms with E-state index >= 15 is 0 Å². The number of halogens is 2. The summed E-state index contributed by atoms with van der Waals surface area (Å²) in [5.41, 5.74) is -0.596. The first-order valence-electron chi connectivity index (χ1n) is 5.13. The Hall–Kier alpha value is -0.220. The second kappa shape index (κ2) is 4.53. The number of likely N-dealkylation sites (tertiary alicyclic amines) is 1. The first kappa shape index (κ1) is 11.9. The van der Waals surface area contributed by atoms with Crippen molar-refractivity contribution in [3.63, 3.8) is 0 Å². The molecule has 0 spiro atoms. The maximum absolute atomic E-state index is 12.8. The molecule has 1 saturated heterocycles. The highest BCUT2D eigenvalue weighted by Crippen LogP contribution is 2.41. The average Bonchev–Trinajstić information content (AvgIpc) is 2.16. The van der Waals surface area contributed by atoms with Crippen LogP contribution in [0.5, 0.6) is 0 Å². The summed E-state index contributed by atoms with van der Waals surface area (Å²) in [6.07, 6.45) is -1.21. The van der Waals surface area contributed by atoms with Crippen LogP contribution in [-0.4, -0.2) is 43.2 Å². The predicted molar refractivity (Wildman–Crippen MR) is 51.4 cm³/mol. The van der Waals surface area contributed by atoms with Gasteiger partial charge in [-0.05, 0) is 26.4 Å². The van der Waals surface area contributed by atoms with Gasteiger partial charge in [0.05, 0.1) is 6.61 Å². The van der Waals surface area contributed by atoms with Gasteiger partial charge in [0.2, 0.25) is 6.43 Å². The van der Waals surface area contributed by atoms with Crippen molar-refractivity contribution in [2.45, 2.75) is 26.2 Å². The number of aliphatic hydroxyl groups excluding tert-OH is 1. The maximum atomic E-state index is 12.8. The Morgan fingerprint density at radius 1 is 1.57 bits per heavy atom. The molecule has 84 valence electrons. The van der Waals surface area contributed by atoms with Gasteiger partial charge in [-0.1, -0.05) is 6.92 Å². The van der Waals surface area contributed by atoms with E-state index < -0.39 is 17.8 Å². The lowest BCUT2D eigenvalue weighted by Gasteiger charge is -2.45. The van der Waals surface area contributed by atoms with E-state index in [-0.39, 0.29) is 6.61 Å². The predicted octanol–water partition coefficient (Wildman–Crippen LogP) is 1.59. The summed E-state index contributed by atoms with van der Waals surface area (Å²) in [5.74, 6) is -0.645. The van der Waals surface area contributed by atoms with E-state index in [2.05, 4.69) is 0 Å². The lowest BCUT2D eigenvalue weighted by Crippen LogP contribution is -2.51. The molecule has 2 nitrogen and oxygen atoms in total. The van der Waals surface area contributed by atoms with E-state index in [9.17, 15) is 13.9 Å². The zero-order valence-electron chi connectivity index (χ0n) is 8.84. The van der Waals surface area contributed by atoms with Crippen molar-refractivity contribution in [1.82, 2.24) is 4.90 Å². The molecule has 0 unspecified atom stereocenters. The lowest BCUT2D eigenvalue weighted by molar-refractivity contribution is -0.0835. The Kier molecular flexibility index (Phi) is 3.84. The molecular formula is C10H19F2NO. The molecule has 0 radical (unpaired) electrons. The summed E-state index contributed by atoms with van der Waals surface area (Å²) in [6.45, 7) is 3.03. The summed E-state index contributed by atoms with van der Waals surface area (Å²) in [6, 6.07) is 0. The highest BCUT2D eigenvalue weighted by molar-refractivity contribution is 4.92.